The quantitative estimate of drug-likeness (QED) is 0.801. The highest BCUT2D eigenvalue weighted by Gasteiger charge is 2.38. The van der Waals surface area contributed by atoms with Crippen LogP contribution in [0.1, 0.15) is 32.8 Å². The van der Waals surface area contributed by atoms with Gasteiger partial charge < -0.3 is 15.2 Å². The summed E-state index contributed by atoms with van der Waals surface area (Å²) >= 11 is 0. The van der Waals surface area contributed by atoms with Crippen LogP contribution in [0.2, 0.25) is 0 Å². The number of amides is 1. The number of pyridine rings is 1. The molecule has 6 nitrogen and oxygen atoms in total. The number of aliphatic carboxylic acids is 1. The molecular weight excluding hydrogens is 272 g/mol. The van der Waals surface area contributed by atoms with E-state index in [-0.39, 0.29) is 18.2 Å². The zero-order chi connectivity index (χ0) is 16.0. The summed E-state index contributed by atoms with van der Waals surface area (Å²) in [6.45, 7) is 5.50. The minimum atomic E-state index is -1.07. The molecule has 1 rings (SSSR count). The average Bonchev–Trinajstić information content (AvgIpc) is 2.44. The number of carbonyl (C=O) groups is 2. The molecule has 0 aliphatic rings. The fraction of sp³-hybridized carbons (Fsp3) is 0.533. The Balaban J connectivity index is 2.63. The fourth-order valence-electron chi connectivity index (χ4n) is 1.80. The van der Waals surface area contributed by atoms with Gasteiger partial charge in [0.2, 0.25) is 11.8 Å². The molecule has 1 aromatic rings. The number of aromatic nitrogens is 1. The van der Waals surface area contributed by atoms with Crippen LogP contribution in [0.3, 0.4) is 0 Å². The van der Waals surface area contributed by atoms with Gasteiger partial charge >= 0.3 is 5.97 Å². The van der Waals surface area contributed by atoms with Crippen LogP contribution in [0.4, 0.5) is 0 Å². The van der Waals surface area contributed by atoms with Crippen molar-refractivity contribution in [1.29, 1.82) is 0 Å². The third kappa shape index (κ3) is 4.44. The van der Waals surface area contributed by atoms with Crippen molar-refractivity contribution in [2.24, 2.45) is 11.3 Å². The molecule has 0 aliphatic heterocycles. The second-order valence-electron chi connectivity index (χ2n) is 5.54. The first-order chi connectivity index (χ1) is 9.79. The Morgan fingerprint density at radius 2 is 2.14 bits per heavy atom. The number of nitrogens with one attached hydrogen (secondary N) is 1. The molecule has 0 radical (unpaired) electrons. The highest BCUT2D eigenvalue weighted by atomic mass is 16.5. The van der Waals surface area contributed by atoms with Crippen LogP contribution in [-0.4, -0.2) is 29.1 Å². The predicted octanol–water partition coefficient (Wildman–Crippen LogP) is 1.84. The van der Waals surface area contributed by atoms with Crippen molar-refractivity contribution in [2.45, 2.75) is 33.7 Å². The third-order valence-corrected chi connectivity index (χ3v) is 3.79. The average molecular weight is 294 g/mol. The smallest absolute Gasteiger partial charge is 0.310 e. The highest BCUT2D eigenvalue weighted by molar-refractivity contribution is 5.84. The molecule has 116 valence electrons. The van der Waals surface area contributed by atoms with Crippen LogP contribution in [-0.2, 0) is 16.1 Å². The van der Waals surface area contributed by atoms with E-state index in [0.29, 0.717) is 12.4 Å². The second-order valence-corrected chi connectivity index (χ2v) is 5.54. The first-order valence-corrected chi connectivity index (χ1v) is 6.78. The Bertz CT molecular complexity index is 516. The molecule has 0 fully saturated rings. The number of carboxylic acid groups (broad SMARTS) is 1. The lowest BCUT2D eigenvalue weighted by atomic mass is 9.76. The predicted molar refractivity (Wildman–Crippen MR) is 77.8 cm³/mol. The molecule has 1 heterocycles. The molecule has 1 amide bonds. The largest absolute Gasteiger partial charge is 0.481 e. The van der Waals surface area contributed by atoms with Gasteiger partial charge in [-0.1, -0.05) is 13.8 Å². The molecule has 6 heteroatoms. The maximum Gasteiger partial charge on any atom is 0.310 e. The zero-order valence-electron chi connectivity index (χ0n) is 12.8. The van der Waals surface area contributed by atoms with E-state index in [1.165, 1.54) is 7.11 Å². The molecule has 0 saturated heterocycles. The monoisotopic (exact) mass is 294 g/mol. The van der Waals surface area contributed by atoms with E-state index >= 15 is 0 Å². The Kier molecular flexibility index (Phi) is 5.69. The number of ether oxygens (including phenoxy) is 1. The van der Waals surface area contributed by atoms with Crippen molar-refractivity contribution in [3.63, 3.8) is 0 Å². The van der Waals surface area contributed by atoms with Gasteiger partial charge in [-0.2, -0.15) is 0 Å². The maximum absolute atomic E-state index is 12.0. The lowest BCUT2D eigenvalue weighted by Crippen LogP contribution is -2.39. The van der Waals surface area contributed by atoms with E-state index in [4.69, 9.17) is 4.74 Å². The van der Waals surface area contributed by atoms with Gasteiger partial charge in [-0.25, -0.2) is 4.98 Å². The van der Waals surface area contributed by atoms with Crippen LogP contribution in [0.5, 0.6) is 5.88 Å². The standard InChI is InChI=1S/C15H22N2O4/c1-10(2)15(3,14(19)20)8-12(18)17-9-11-5-6-16-13(7-11)21-4/h5-7,10H,8-9H2,1-4H3,(H,17,18)(H,19,20). The Hall–Kier alpha value is -2.11. The second kappa shape index (κ2) is 7.06. The number of rotatable bonds is 7. The van der Waals surface area contributed by atoms with Crippen LogP contribution in [0, 0.1) is 11.3 Å². The summed E-state index contributed by atoms with van der Waals surface area (Å²) in [5, 5.41) is 12.0. The van der Waals surface area contributed by atoms with Gasteiger partial charge in [0, 0.05) is 25.2 Å². The number of hydrogen-bond donors (Lipinski definition) is 2. The van der Waals surface area contributed by atoms with Crippen molar-refractivity contribution < 1.29 is 19.4 Å². The van der Waals surface area contributed by atoms with Gasteiger partial charge in [-0.3, -0.25) is 9.59 Å². The molecule has 0 bridgehead atoms. The Morgan fingerprint density at radius 3 is 2.67 bits per heavy atom. The number of hydrogen-bond acceptors (Lipinski definition) is 4. The van der Waals surface area contributed by atoms with Gasteiger partial charge in [0.25, 0.3) is 0 Å². The number of carbonyl (C=O) groups excluding carboxylic acids is 1. The van der Waals surface area contributed by atoms with Crippen molar-refractivity contribution in [3.05, 3.63) is 23.9 Å². The molecule has 0 aliphatic carbocycles. The molecule has 0 saturated carbocycles. The summed E-state index contributed by atoms with van der Waals surface area (Å²) in [5.74, 6) is -0.913. The zero-order valence-corrected chi connectivity index (χ0v) is 12.8. The summed E-state index contributed by atoms with van der Waals surface area (Å²) in [4.78, 5) is 27.3. The minimum Gasteiger partial charge on any atom is -0.481 e. The normalized spacial score (nSPS) is 13.6. The Morgan fingerprint density at radius 1 is 1.48 bits per heavy atom. The molecule has 1 aromatic heterocycles. The molecule has 21 heavy (non-hydrogen) atoms. The van der Waals surface area contributed by atoms with E-state index in [0.717, 1.165) is 5.56 Å². The molecule has 0 aromatic carbocycles. The molecule has 1 unspecified atom stereocenters. The van der Waals surface area contributed by atoms with E-state index < -0.39 is 11.4 Å². The van der Waals surface area contributed by atoms with Crippen LogP contribution in [0.15, 0.2) is 18.3 Å². The van der Waals surface area contributed by atoms with Gasteiger partial charge in [0.15, 0.2) is 0 Å². The van der Waals surface area contributed by atoms with Crippen molar-refractivity contribution >= 4 is 11.9 Å². The van der Waals surface area contributed by atoms with E-state index in [1.807, 2.05) is 0 Å². The lowest BCUT2D eigenvalue weighted by Gasteiger charge is -2.28. The number of carboxylic acids is 1. The minimum absolute atomic E-state index is 0.0534. The van der Waals surface area contributed by atoms with Crippen molar-refractivity contribution in [1.82, 2.24) is 10.3 Å². The summed E-state index contributed by atoms with van der Waals surface area (Å²) in [6, 6.07) is 3.49. The summed E-state index contributed by atoms with van der Waals surface area (Å²) < 4.78 is 5.00. The first kappa shape index (κ1) is 16.9. The lowest BCUT2D eigenvalue weighted by molar-refractivity contribution is -0.153. The summed E-state index contributed by atoms with van der Waals surface area (Å²) in [7, 11) is 1.52. The van der Waals surface area contributed by atoms with E-state index in [2.05, 4.69) is 10.3 Å². The van der Waals surface area contributed by atoms with Crippen molar-refractivity contribution in [2.75, 3.05) is 7.11 Å². The number of nitrogens with zero attached hydrogens (tertiary/aromatic N) is 1. The summed E-state index contributed by atoms with van der Waals surface area (Å²) in [5.41, 5.74) is -0.225. The fourth-order valence-corrected chi connectivity index (χ4v) is 1.80. The van der Waals surface area contributed by atoms with Crippen LogP contribution >= 0.6 is 0 Å². The van der Waals surface area contributed by atoms with Gasteiger partial charge in [-0.15, -0.1) is 0 Å². The number of methoxy groups -OCH3 is 1. The first-order valence-electron chi connectivity index (χ1n) is 6.78. The van der Waals surface area contributed by atoms with Gasteiger partial charge in [0.05, 0.1) is 12.5 Å². The summed E-state index contributed by atoms with van der Waals surface area (Å²) in [6.07, 6.45) is 1.54. The van der Waals surface area contributed by atoms with Crippen LogP contribution < -0.4 is 10.1 Å². The SMILES string of the molecule is COc1cc(CNC(=O)CC(C)(C(=O)O)C(C)C)ccn1. The molecular formula is C15H22N2O4. The molecule has 0 spiro atoms. The van der Waals surface area contributed by atoms with E-state index in [1.54, 1.807) is 39.1 Å². The van der Waals surface area contributed by atoms with E-state index in [9.17, 15) is 14.7 Å². The van der Waals surface area contributed by atoms with Crippen LogP contribution in [0.25, 0.3) is 0 Å². The van der Waals surface area contributed by atoms with Gasteiger partial charge in [-0.05, 0) is 24.5 Å². The van der Waals surface area contributed by atoms with Gasteiger partial charge in [0.1, 0.15) is 0 Å². The third-order valence-electron chi connectivity index (χ3n) is 3.79. The maximum atomic E-state index is 12.0. The highest BCUT2D eigenvalue weighted by Crippen LogP contribution is 2.31. The molecule has 1 atom stereocenters. The topological polar surface area (TPSA) is 88.5 Å². The Labute approximate surface area is 124 Å². The molecule has 2 N–H and O–H groups in total. The van der Waals surface area contributed by atoms with Crippen molar-refractivity contribution in [3.8, 4) is 5.88 Å².